The second-order valence-electron chi connectivity index (χ2n) is 9.00. The van der Waals surface area contributed by atoms with Crippen molar-refractivity contribution in [3.05, 3.63) is 94.5 Å². The summed E-state index contributed by atoms with van der Waals surface area (Å²) in [7, 11) is 0. The van der Waals surface area contributed by atoms with E-state index in [2.05, 4.69) is 54.1 Å². The molecule has 2 heterocycles. The molecule has 1 N–H and O–H groups in total. The molecule has 1 fully saturated rings. The summed E-state index contributed by atoms with van der Waals surface area (Å²) in [6.07, 6.45) is 3.07. The van der Waals surface area contributed by atoms with Gasteiger partial charge in [0.15, 0.2) is 0 Å². The maximum atomic E-state index is 13.0. The van der Waals surface area contributed by atoms with Gasteiger partial charge in [0.2, 0.25) is 0 Å². The molecule has 0 spiro atoms. The van der Waals surface area contributed by atoms with Gasteiger partial charge in [-0.3, -0.25) is 4.79 Å². The first kappa shape index (κ1) is 28.3. The summed E-state index contributed by atoms with van der Waals surface area (Å²) in [4.78, 5) is 20.8. The van der Waals surface area contributed by atoms with Gasteiger partial charge >= 0.3 is 0 Å². The number of benzene rings is 3. The van der Waals surface area contributed by atoms with Gasteiger partial charge in [0.05, 0.1) is 29.5 Å². The first-order valence-electron chi connectivity index (χ1n) is 13.5. The number of fused-ring (bicyclic) bond motifs is 1. The van der Waals surface area contributed by atoms with Crippen LogP contribution in [0, 0.1) is 0 Å². The predicted molar refractivity (Wildman–Crippen MR) is 160 cm³/mol. The summed E-state index contributed by atoms with van der Waals surface area (Å²) in [5.41, 5.74) is 4.43. The van der Waals surface area contributed by atoms with E-state index in [4.69, 9.17) is 9.72 Å². The van der Waals surface area contributed by atoms with Crippen molar-refractivity contribution in [1.29, 1.82) is 0 Å². The second-order valence-corrected chi connectivity index (χ2v) is 11.0. The monoisotopic (exact) mass is 547 g/mol. The van der Waals surface area contributed by atoms with E-state index in [1.54, 1.807) is 23.3 Å². The smallest absolute Gasteiger partial charge is 0.254 e. The highest BCUT2D eigenvalue weighted by Crippen LogP contribution is 2.31. The molecule has 0 radical (unpaired) electrons. The number of carbonyl (C=O) groups is 1. The number of ether oxygens (including phenoxy) is 1. The Balaban J connectivity index is 0.00000164. The van der Waals surface area contributed by atoms with Crippen molar-refractivity contribution in [1.82, 2.24) is 14.6 Å². The van der Waals surface area contributed by atoms with Crippen LogP contribution in [0.25, 0.3) is 10.2 Å². The molecule has 38 heavy (non-hydrogen) atoms. The van der Waals surface area contributed by atoms with Gasteiger partial charge in [0, 0.05) is 23.5 Å². The standard InChI is InChI=1S/C29H31N3O2S2.C2H6/c1-2-7-21-8-5-9-22(18-21)19-26(28-30-25-12-3-4-13-27(25)35-28)31-36-24-11-6-10-23(20-24)29(33)32-14-16-34-17-15-32;1-2/h3-6,8-13,18,20,26,31H,2,7,14-17,19H2,1H3;1-2H3. The van der Waals surface area contributed by atoms with E-state index in [-0.39, 0.29) is 11.9 Å². The van der Waals surface area contributed by atoms with Crippen molar-refractivity contribution >= 4 is 39.4 Å². The minimum absolute atomic E-state index is 0.0443. The molecule has 1 atom stereocenters. The van der Waals surface area contributed by atoms with E-state index in [0.29, 0.717) is 31.9 Å². The molecular weight excluding hydrogens is 510 g/mol. The highest BCUT2D eigenvalue weighted by molar-refractivity contribution is 7.97. The van der Waals surface area contributed by atoms with Gasteiger partial charge in [0.25, 0.3) is 5.91 Å². The Hall–Kier alpha value is -2.71. The lowest BCUT2D eigenvalue weighted by molar-refractivity contribution is 0.0302. The summed E-state index contributed by atoms with van der Waals surface area (Å²) >= 11 is 3.31. The number of para-hydroxylation sites is 1. The molecule has 7 heteroatoms. The van der Waals surface area contributed by atoms with Crippen molar-refractivity contribution in [3.8, 4) is 0 Å². The van der Waals surface area contributed by atoms with E-state index in [0.717, 1.165) is 34.7 Å². The Bertz CT molecular complexity index is 1280. The molecule has 1 aromatic heterocycles. The molecule has 0 aliphatic carbocycles. The molecule has 1 aliphatic rings. The van der Waals surface area contributed by atoms with Gasteiger partial charge in [-0.25, -0.2) is 9.71 Å². The Morgan fingerprint density at radius 3 is 2.58 bits per heavy atom. The third kappa shape index (κ3) is 7.44. The summed E-state index contributed by atoms with van der Waals surface area (Å²) in [5, 5.41) is 1.07. The third-order valence-corrected chi connectivity index (χ3v) is 8.32. The summed E-state index contributed by atoms with van der Waals surface area (Å²) in [6.45, 7) is 8.71. The zero-order valence-electron chi connectivity index (χ0n) is 22.5. The fourth-order valence-corrected chi connectivity index (χ4v) is 6.33. The van der Waals surface area contributed by atoms with E-state index >= 15 is 0 Å². The Morgan fingerprint density at radius 2 is 1.79 bits per heavy atom. The molecule has 4 aromatic rings. The van der Waals surface area contributed by atoms with Crippen molar-refractivity contribution in [2.24, 2.45) is 0 Å². The van der Waals surface area contributed by atoms with Gasteiger partial charge in [-0.2, -0.15) is 0 Å². The average Bonchev–Trinajstić information content (AvgIpc) is 3.41. The van der Waals surface area contributed by atoms with Crippen LogP contribution in [0.5, 0.6) is 0 Å². The highest BCUT2D eigenvalue weighted by Gasteiger charge is 2.20. The highest BCUT2D eigenvalue weighted by atomic mass is 32.2. The summed E-state index contributed by atoms with van der Waals surface area (Å²) in [5.74, 6) is 0.0659. The van der Waals surface area contributed by atoms with E-state index in [1.165, 1.54) is 15.8 Å². The summed E-state index contributed by atoms with van der Waals surface area (Å²) in [6, 6.07) is 25.1. The van der Waals surface area contributed by atoms with Gasteiger partial charge in [-0.15, -0.1) is 11.3 Å². The number of nitrogens with zero attached hydrogens (tertiary/aromatic N) is 2. The van der Waals surface area contributed by atoms with Crippen LogP contribution in [0.3, 0.4) is 0 Å². The Kier molecular flexibility index (Phi) is 10.8. The number of hydrogen-bond donors (Lipinski definition) is 1. The SMILES string of the molecule is CC.CCCc1cccc(CC(NSc2cccc(C(=O)N3CCOCC3)c2)c2nc3ccccc3s2)c1. The van der Waals surface area contributed by atoms with Crippen LogP contribution in [0.15, 0.2) is 77.7 Å². The van der Waals surface area contributed by atoms with Crippen LogP contribution in [0.2, 0.25) is 0 Å². The topological polar surface area (TPSA) is 54.5 Å². The molecule has 1 amide bonds. The second kappa shape index (κ2) is 14.4. The maximum Gasteiger partial charge on any atom is 0.254 e. The molecule has 1 aliphatic heterocycles. The average molecular weight is 548 g/mol. The van der Waals surface area contributed by atoms with Crippen LogP contribution in [0.4, 0.5) is 0 Å². The Labute approximate surface area is 234 Å². The molecule has 5 rings (SSSR count). The number of carbonyl (C=O) groups excluding carboxylic acids is 1. The number of aryl methyl sites for hydroxylation is 1. The quantitative estimate of drug-likeness (QED) is 0.222. The first-order chi connectivity index (χ1) is 18.7. The number of morpholine rings is 1. The lowest BCUT2D eigenvalue weighted by Crippen LogP contribution is -2.40. The summed E-state index contributed by atoms with van der Waals surface area (Å²) < 4.78 is 10.3. The van der Waals surface area contributed by atoms with Gasteiger partial charge in [-0.1, -0.05) is 69.7 Å². The van der Waals surface area contributed by atoms with Gasteiger partial charge in [-0.05, 0) is 66.2 Å². The molecule has 0 bridgehead atoms. The van der Waals surface area contributed by atoms with Crippen molar-refractivity contribution in [2.45, 2.75) is 51.0 Å². The number of aromatic nitrogens is 1. The number of nitrogens with one attached hydrogen (secondary N) is 1. The first-order valence-corrected chi connectivity index (χ1v) is 15.2. The molecule has 1 unspecified atom stereocenters. The molecule has 0 saturated carbocycles. The van der Waals surface area contributed by atoms with Crippen molar-refractivity contribution < 1.29 is 9.53 Å². The largest absolute Gasteiger partial charge is 0.378 e. The van der Waals surface area contributed by atoms with Crippen LogP contribution >= 0.6 is 23.3 Å². The molecule has 200 valence electrons. The lowest BCUT2D eigenvalue weighted by atomic mass is 10.0. The minimum Gasteiger partial charge on any atom is -0.378 e. The van der Waals surface area contributed by atoms with Crippen LogP contribution < -0.4 is 4.72 Å². The lowest BCUT2D eigenvalue weighted by Gasteiger charge is -2.27. The van der Waals surface area contributed by atoms with Crippen LogP contribution in [-0.2, 0) is 17.6 Å². The number of hydrogen-bond acceptors (Lipinski definition) is 6. The number of amides is 1. The van der Waals surface area contributed by atoms with Gasteiger partial charge in [0.1, 0.15) is 5.01 Å². The number of rotatable bonds is 9. The predicted octanol–water partition coefficient (Wildman–Crippen LogP) is 7.33. The molecule has 1 saturated heterocycles. The van der Waals surface area contributed by atoms with Gasteiger partial charge < -0.3 is 9.64 Å². The molecule has 5 nitrogen and oxygen atoms in total. The fraction of sp³-hybridized carbons (Fsp3) is 0.355. The fourth-order valence-electron chi connectivity index (χ4n) is 4.44. The van der Waals surface area contributed by atoms with E-state index in [9.17, 15) is 4.79 Å². The van der Waals surface area contributed by atoms with Crippen LogP contribution in [0.1, 0.15) is 59.7 Å². The molecular formula is C31H37N3O2S2. The Morgan fingerprint density at radius 1 is 1.03 bits per heavy atom. The third-order valence-electron chi connectivity index (χ3n) is 6.28. The van der Waals surface area contributed by atoms with E-state index < -0.39 is 0 Å². The zero-order valence-corrected chi connectivity index (χ0v) is 24.1. The number of thiazole rings is 1. The normalized spacial score (nSPS) is 14.1. The van der Waals surface area contributed by atoms with E-state index in [1.807, 2.05) is 49.1 Å². The zero-order chi connectivity index (χ0) is 26.7. The van der Waals surface area contributed by atoms with Crippen LogP contribution in [-0.4, -0.2) is 42.1 Å². The minimum atomic E-state index is 0.0443. The molecule has 3 aromatic carbocycles. The maximum absolute atomic E-state index is 13.0. The van der Waals surface area contributed by atoms with Crippen molar-refractivity contribution in [2.75, 3.05) is 26.3 Å². The van der Waals surface area contributed by atoms with Crippen molar-refractivity contribution in [3.63, 3.8) is 0 Å².